The van der Waals surface area contributed by atoms with Crippen molar-refractivity contribution in [2.24, 2.45) is 0 Å². The summed E-state index contributed by atoms with van der Waals surface area (Å²) < 4.78 is 76.3. The molecule has 3 nitrogen and oxygen atoms in total. The number of likely N-dealkylation sites (tertiary alicyclic amines) is 1. The molecule has 0 aromatic carbocycles. The number of rotatable bonds is 1. The molecule has 1 radical (unpaired) electrons. The average molecular weight is 329 g/mol. The second-order valence-electron chi connectivity index (χ2n) is 3.70. The second-order valence-corrected chi connectivity index (χ2v) is 3.70. The van der Waals surface area contributed by atoms with Crippen molar-refractivity contribution in [1.29, 1.82) is 0 Å². The molecule has 0 N–H and O–H groups in total. The third kappa shape index (κ3) is 5.52. The quantitative estimate of drug-likeness (QED) is 0.547. The average Bonchev–Trinajstić information content (AvgIpc) is 2.23. The first-order chi connectivity index (χ1) is 8.12. The molecule has 1 saturated heterocycles. The van der Waals surface area contributed by atoms with Gasteiger partial charge in [0.25, 0.3) is 6.10 Å². The third-order valence-electron chi connectivity index (χ3n) is 2.28. The molecule has 1 amide bonds. The van der Waals surface area contributed by atoms with Crippen LogP contribution >= 0.6 is 0 Å². The first-order valence-electron chi connectivity index (χ1n) is 5.03. The van der Waals surface area contributed by atoms with E-state index in [9.17, 15) is 31.1 Å². The number of hydrogen-bond donors (Lipinski definition) is 0. The van der Waals surface area contributed by atoms with Crippen LogP contribution in [0.2, 0.25) is 0 Å². The normalized spacial score (nSPS) is 17.1. The maximum Gasteiger partial charge on any atom is 0.434 e. The summed E-state index contributed by atoms with van der Waals surface area (Å²) in [5.41, 5.74) is 0. The molecule has 1 rings (SSSR count). The Labute approximate surface area is 117 Å². The molecule has 0 atom stereocenters. The second kappa shape index (κ2) is 6.74. The number of halogens is 6. The van der Waals surface area contributed by atoms with E-state index in [1.54, 1.807) is 6.42 Å². The molecule has 0 aromatic rings. The first kappa shape index (κ1) is 18.4. The Kier molecular flexibility index (Phi) is 6.54. The van der Waals surface area contributed by atoms with Gasteiger partial charge in [-0.15, -0.1) is 0 Å². The smallest absolute Gasteiger partial charge is 0.426 e. The summed E-state index contributed by atoms with van der Waals surface area (Å²) in [6, 6.07) is 0. The first-order valence-corrected chi connectivity index (χ1v) is 5.03. The van der Waals surface area contributed by atoms with Gasteiger partial charge in [-0.25, -0.2) is 4.79 Å². The molecule has 0 aliphatic carbocycles. The molecule has 0 unspecified atom stereocenters. The van der Waals surface area contributed by atoms with Gasteiger partial charge >= 0.3 is 18.4 Å². The van der Waals surface area contributed by atoms with Crippen molar-refractivity contribution in [3.63, 3.8) is 0 Å². The number of alkyl halides is 6. The predicted molar refractivity (Wildman–Crippen MR) is 47.5 cm³/mol. The molecule has 0 saturated carbocycles. The Morgan fingerprint density at radius 2 is 1.47 bits per heavy atom. The van der Waals surface area contributed by atoms with Crippen LogP contribution in [0.5, 0.6) is 0 Å². The number of nitrogens with zero attached hydrogens (tertiary/aromatic N) is 1. The van der Waals surface area contributed by atoms with Gasteiger partial charge in [0, 0.05) is 18.6 Å². The van der Waals surface area contributed by atoms with Crippen molar-refractivity contribution in [3.05, 3.63) is 6.42 Å². The van der Waals surface area contributed by atoms with Gasteiger partial charge in [0.1, 0.15) is 0 Å². The Hall–Kier alpha value is -0.566. The molecule has 1 aliphatic heterocycles. The van der Waals surface area contributed by atoms with Crippen LogP contribution in [0.15, 0.2) is 0 Å². The number of carbonyl (C=O) groups excluding carboxylic acids is 1. The summed E-state index contributed by atoms with van der Waals surface area (Å²) in [7, 11) is 0. The van der Waals surface area contributed by atoms with Crippen LogP contribution in [-0.2, 0) is 23.3 Å². The van der Waals surface area contributed by atoms with Gasteiger partial charge in [0.05, 0.1) is 0 Å². The van der Waals surface area contributed by atoms with E-state index in [0.29, 0.717) is 12.8 Å². The van der Waals surface area contributed by atoms with Crippen LogP contribution in [0, 0.1) is 6.42 Å². The van der Waals surface area contributed by atoms with Crippen molar-refractivity contribution in [3.8, 4) is 0 Å². The van der Waals surface area contributed by atoms with Crippen LogP contribution in [0.4, 0.5) is 31.1 Å². The molecular weight excluding hydrogens is 319 g/mol. The number of amides is 1. The standard InChI is InChI=1S/C9H10F6NO2.V/c10-8(11,12)6(9(13,14)15)18-7(17)16-4-2-1-3-5-16;/h1,6H,2-5H2;/q-1;. The fraction of sp³-hybridized carbons (Fsp3) is 0.778. The van der Waals surface area contributed by atoms with Crippen molar-refractivity contribution in [1.82, 2.24) is 4.90 Å². The van der Waals surface area contributed by atoms with Gasteiger partial charge in [-0.1, -0.05) is 0 Å². The Morgan fingerprint density at radius 3 is 1.84 bits per heavy atom. The molecular formula is C9H10F6NO2V-. The Balaban J connectivity index is 0.00000324. The minimum absolute atomic E-state index is 0. The molecule has 1 heterocycles. The molecule has 0 spiro atoms. The Morgan fingerprint density at radius 1 is 1.05 bits per heavy atom. The van der Waals surface area contributed by atoms with Crippen LogP contribution < -0.4 is 0 Å². The third-order valence-corrected chi connectivity index (χ3v) is 2.28. The summed E-state index contributed by atoms with van der Waals surface area (Å²) in [5.74, 6) is 0. The van der Waals surface area contributed by atoms with E-state index in [0.717, 1.165) is 4.90 Å². The molecule has 1 fully saturated rings. The zero-order valence-electron chi connectivity index (χ0n) is 9.46. The Bertz CT molecular complexity index is 286. The summed E-state index contributed by atoms with van der Waals surface area (Å²) in [6.07, 6.45) is -14.4. The van der Waals surface area contributed by atoms with E-state index < -0.39 is 24.5 Å². The molecule has 111 valence electrons. The number of carbonyl (C=O) groups is 1. The zero-order chi connectivity index (χ0) is 14.0. The summed E-state index contributed by atoms with van der Waals surface area (Å²) in [4.78, 5) is 12.0. The predicted octanol–water partition coefficient (Wildman–Crippen LogP) is 2.91. The zero-order valence-corrected chi connectivity index (χ0v) is 10.9. The maximum atomic E-state index is 12.1. The van der Waals surface area contributed by atoms with Crippen molar-refractivity contribution >= 4 is 6.09 Å². The minimum Gasteiger partial charge on any atom is -0.426 e. The summed E-state index contributed by atoms with van der Waals surface area (Å²) in [6.45, 7) is 0.114. The van der Waals surface area contributed by atoms with Crippen LogP contribution in [0.1, 0.15) is 12.8 Å². The fourth-order valence-electron chi connectivity index (χ4n) is 1.43. The van der Waals surface area contributed by atoms with E-state index in [4.69, 9.17) is 0 Å². The van der Waals surface area contributed by atoms with Gasteiger partial charge in [-0.05, 0) is 13.1 Å². The molecule has 0 bridgehead atoms. The number of piperidine rings is 1. The minimum atomic E-state index is -5.67. The van der Waals surface area contributed by atoms with Crippen LogP contribution in [-0.4, -0.2) is 42.5 Å². The van der Waals surface area contributed by atoms with E-state index >= 15 is 0 Å². The topological polar surface area (TPSA) is 29.5 Å². The van der Waals surface area contributed by atoms with E-state index in [1.165, 1.54) is 0 Å². The van der Waals surface area contributed by atoms with Crippen LogP contribution in [0.3, 0.4) is 0 Å². The number of hydrogen-bond acceptors (Lipinski definition) is 2. The van der Waals surface area contributed by atoms with E-state index in [-0.39, 0.29) is 31.6 Å². The summed E-state index contributed by atoms with van der Waals surface area (Å²) >= 11 is 0. The van der Waals surface area contributed by atoms with Gasteiger partial charge in [0.2, 0.25) is 0 Å². The maximum absolute atomic E-state index is 12.1. The number of ether oxygens (including phenoxy) is 1. The monoisotopic (exact) mass is 329 g/mol. The van der Waals surface area contributed by atoms with Crippen molar-refractivity contribution < 1.29 is 54.4 Å². The van der Waals surface area contributed by atoms with Crippen molar-refractivity contribution in [2.75, 3.05) is 13.1 Å². The van der Waals surface area contributed by atoms with E-state index in [2.05, 4.69) is 4.74 Å². The van der Waals surface area contributed by atoms with Gasteiger partial charge in [-0.2, -0.15) is 39.2 Å². The van der Waals surface area contributed by atoms with Gasteiger partial charge in [-0.3, -0.25) is 0 Å². The van der Waals surface area contributed by atoms with Gasteiger partial charge < -0.3 is 16.1 Å². The molecule has 1 aliphatic rings. The fourth-order valence-corrected chi connectivity index (χ4v) is 1.43. The SMILES string of the molecule is O=C(OC(C(F)(F)F)C(F)(F)F)N1CC[CH-]CC1.[V]. The van der Waals surface area contributed by atoms with Gasteiger partial charge in [0.15, 0.2) is 0 Å². The molecule has 10 heteroatoms. The molecule has 19 heavy (non-hydrogen) atoms. The van der Waals surface area contributed by atoms with E-state index in [1.807, 2.05) is 0 Å². The van der Waals surface area contributed by atoms with Crippen LogP contribution in [0.25, 0.3) is 0 Å². The summed E-state index contributed by atoms with van der Waals surface area (Å²) in [5, 5.41) is 0. The largest absolute Gasteiger partial charge is 0.434 e. The molecule has 0 aromatic heterocycles. The van der Waals surface area contributed by atoms with Crippen molar-refractivity contribution in [2.45, 2.75) is 31.3 Å².